The van der Waals surface area contributed by atoms with E-state index in [1.54, 1.807) is 0 Å². The Balaban J connectivity index is 1.65. The first-order chi connectivity index (χ1) is 21.4. The maximum absolute atomic E-state index is 13.2. The van der Waals surface area contributed by atoms with Crippen LogP contribution in [0.25, 0.3) is 20.9 Å². The summed E-state index contributed by atoms with van der Waals surface area (Å²) in [5.41, 5.74) is 18.5. The fraction of sp³-hybridized carbons (Fsp3) is 0.900. The average molecular weight is 635 g/mol. The van der Waals surface area contributed by atoms with Gasteiger partial charge >= 0.3 is 5.97 Å². The standard InChI is InChI=1S/C30H46N6O9/c1-8-20-14(3)15(4)24(33-35-31)30(42-20)45-26-17(6)28(44-23(39)10-9-13(2)37)21(11-19(26)18(7)38)41-27-16(5)25(34-36-32)29-40-12-22(27)43-29/h14-17,19-22,24-30H,8-12H2,1-7H3/t14-,15-,16+,17-,19-,20-,21+,22?,24?,25?,26-,27-,28?,29+,30+/m0/s1. The lowest BCUT2D eigenvalue weighted by Crippen LogP contribution is -2.59. The van der Waals surface area contributed by atoms with Crippen molar-refractivity contribution in [1.82, 2.24) is 0 Å². The van der Waals surface area contributed by atoms with Crippen LogP contribution in [0.5, 0.6) is 0 Å². The minimum atomic E-state index is -0.915. The normalized spacial score (nSPS) is 42.6. The number of azide groups is 2. The van der Waals surface area contributed by atoms with Crippen molar-refractivity contribution in [3.8, 4) is 0 Å². The highest BCUT2D eigenvalue weighted by Gasteiger charge is 2.54. The third-order valence-electron chi connectivity index (χ3n) is 10.1. The number of carbonyl (C=O) groups is 3. The molecule has 0 aromatic rings. The Morgan fingerprint density at radius 3 is 2.16 bits per heavy atom. The maximum Gasteiger partial charge on any atom is 0.306 e. The third-order valence-corrected chi connectivity index (χ3v) is 10.1. The molecule has 0 radical (unpaired) electrons. The van der Waals surface area contributed by atoms with Crippen LogP contribution >= 0.6 is 0 Å². The Morgan fingerprint density at radius 1 is 0.844 bits per heavy atom. The number of Topliss-reactive ketones (excluding diaryl/α,β-unsaturated/α-hetero) is 2. The Bertz CT molecular complexity index is 1190. The van der Waals surface area contributed by atoms with Crippen LogP contribution in [0.2, 0.25) is 0 Å². The Kier molecular flexibility index (Phi) is 11.9. The first kappa shape index (κ1) is 35.1. The number of hydrogen-bond acceptors (Lipinski definition) is 11. The third kappa shape index (κ3) is 7.62. The molecule has 0 spiro atoms. The summed E-state index contributed by atoms with van der Waals surface area (Å²) < 4.78 is 37.3. The van der Waals surface area contributed by atoms with E-state index in [4.69, 9.17) is 34.0 Å². The van der Waals surface area contributed by atoms with Crippen LogP contribution in [0.3, 0.4) is 0 Å². The molecule has 0 aromatic heterocycles. The highest BCUT2D eigenvalue weighted by molar-refractivity contribution is 5.81. The van der Waals surface area contributed by atoms with E-state index in [1.165, 1.54) is 13.8 Å². The van der Waals surface area contributed by atoms with E-state index in [-0.39, 0.29) is 61.3 Å². The Morgan fingerprint density at radius 2 is 1.53 bits per heavy atom. The molecule has 4 unspecified atom stereocenters. The van der Waals surface area contributed by atoms with Gasteiger partial charge in [0.05, 0.1) is 49.5 Å². The van der Waals surface area contributed by atoms with Gasteiger partial charge < -0.3 is 33.2 Å². The molecule has 1 aliphatic carbocycles. The summed E-state index contributed by atoms with van der Waals surface area (Å²) in [5, 5.41) is 7.91. The monoisotopic (exact) mass is 634 g/mol. The van der Waals surface area contributed by atoms with Gasteiger partial charge in [-0.3, -0.25) is 9.59 Å². The zero-order valence-corrected chi connectivity index (χ0v) is 27.1. The Hall–Kier alpha value is -2.77. The second-order valence-corrected chi connectivity index (χ2v) is 13.0. The molecule has 3 heterocycles. The largest absolute Gasteiger partial charge is 0.459 e. The molecule has 0 N–H and O–H groups in total. The van der Waals surface area contributed by atoms with E-state index in [2.05, 4.69) is 27.0 Å². The molecule has 45 heavy (non-hydrogen) atoms. The van der Waals surface area contributed by atoms with Crippen LogP contribution in [0.1, 0.15) is 74.1 Å². The lowest BCUT2D eigenvalue weighted by molar-refractivity contribution is -0.279. The summed E-state index contributed by atoms with van der Waals surface area (Å²) in [5.74, 6) is -2.33. The Labute approximate surface area is 263 Å². The molecule has 2 bridgehead atoms. The van der Waals surface area contributed by atoms with Gasteiger partial charge in [-0.05, 0) is 55.5 Å². The zero-order chi connectivity index (χ0) is 33.0. The number of ether oxygens (including phenoxy) is 6. The summed E-state index contributed by atoms with van der Waals surface area (Å²) in [6.07, 6.45) is -4.34. The quantitative estimate of drug-likeness (QED) is 0.125. The average Bonchev–Trinajstić information content (AvgIpc) is 3.44. The van der Waals surface area contributed by atoms with Crippen molar-refractivity contribution in [2.45, 2.75) is 135 Å². The molecule has 0 aromatic carbocycles. The van der Waals surface area contributed by atoms with Gasteiger partial charge in [-0.2, -0.15) is 0 Å². The maximum atomic E-state index is 13.2. The van der Waals surface area contributed by atoms with Gasteiger partial charge in [0, 0.05) is 28.1 Å². The smallest absolute Gasteiger partial charge is 0.306 e. The van der Waals surface area contributed by atoms with Gasteiger partial charge in [-0.15, -0.1) is 0 Å². The SMILES string of the molecule is CC[C@@H]1O[C@H](O[C@H]2[C@H](C)C(OC(=O)CCC(C)=O)[C@H](O[C@@H]3C4CO[C@H](O4)C(N=[N+]=[N-])[C@H]3C)C[C@H]2C(C)=O)C(N=[N+]=[N-])[C@@H](C)[C@@H]1C. The van der Waals surface area contributed by atoms with Crippen molar-refractivity contribution in [3.63, 3.8) is 0 Å². The molecule has 15 nitrogen and oxygen atoms in total. The summed E-state index contributed by atoms with van der Waals surface area (Å²) in [6, 6.07) is -1.26. The first-order valence-corrected chi connectivity index (χ1v) is 15.9. The molecular formula is C30H46N6O9. The van der Waals surface area contributed by atoms with E-state index in [1.807, 2.05) is 27.7 Å². The number of carbonyl (C=O) groups excluding carboxylic acids is 3. The van der Waals surface area contributed by atoms with Gasteiger partial charge in [0.15, 0.2) is 12.6 Å². The van der Waals surface area contributed by atoms with Gasteiger partial charge in [-0.1, -0.05) is 44.8 Å². The molecular weight excluding hydrogens is 588 g/mol. The van der Waals surface area contributed by atoms with Crippen molar-refractivity contribution < 1.29 is 42.8 Å². The van der Waals surface area contributed by atoms with E-state index < -0.39 is 73.0 Å². The second kappa shape index (κ2) is 15.2. The lowest BCUT2D eigenvalue weighted by Gasteiger charge is -2.49. The zero-order valence-electron chi connectivity index (χ0n) is 27.1. The van der Waals surface area contributed by atoms with Crippen molar-refractivity contribution in [3.05, 3.63) is 20.9 Å². The number of esters is 1. The molecule has 3 aliphatic heterocycles. The highest BCUT2D eigenvalue weighted by atomic mass is 16.7. The van der Waals surface area contributed by atoms with Crippen molar-refractivity contribution in [1.29, 1.82) is 0 Å². The minimum absolute atomic E-state index is 0.0296. The molecule has 15 heteroatoms. The first-order valence-electron chi connectivity index (χ1n) is 15.9. The van der Waals surface area contributed by atoms with Gasteiger partial charge in [0.25, 0.3) is 0 Å². The van der Waals surface area contributed by atoms with Gasteiger partial charge in [-0.25, -0.2) is 0 Å². The summed E-state index contributed by atoms with van der Waals surface area (Å²) in [4.78, 5) is 43.8. The van der Waals surface area contributed by atoms with Crippen LogP contribution in [-0.2, 0) is 42.8 Å². The van der Waals surface area contributed by atoms with Gasteiger partial charge in [0.2, 0.25) is 0 Å². The molecule has 4 aliphatic rings. The van der Waals surface area contributed by atoms with Crippen LogP contribution < -0.4 is 0 Å². The fourth-order valence-electron chi connectivity index (χ4n) is 7.27. The van der Waals surface area contributed by atoms with Gasteiger partial charge in [0.1, 0.15) is 23.8 Å². The number of nitrogens with zero attached hydrogens (tertiary/aromatic N) is 6. The number of rotatable bonds is 12. The van der Waals surface area contributed by atoms with Crippen LogP contribution in [0.15, 0.2) is 10.2 Å². The summed E-state index contributed by atoms with van der Waals surface area (Å²) in [6.45, 7) is 12.9. The molecule has 0 amide bonds. The molecule has 3 saturated heterocycles. The molecule has 4 rings (SSSR count). The fourth-order valence-corrected chi connectivity index (χ4v) is 7.27. The minimum Gasteiger partial charge on any atom is -0.459 e. The lowest BCUT2D eigenvalue weighted by atomic mass is 9.73. The van der Waals surface area contributed by atoms with E-state index in [9.17, 15) is 19.9 Å². The number of fused-ring (bicyclic) bond motifs is 2. The second-order valence-electron chi connectivity index (χ2n) is 13.0. The topological polar surface area (TPSA) is 204 Å². The number of ketones is 2. The summed E-state index contributed by atoms with van der Waals surface area (Å²) >= 11 is 0. The molecule has 250 valence electrons. The van der Waals surface area contributed by atoms with Crippen molar-refractivity contribution in [2.75, 3.05) is 6.61 Å². The molecule has 4 fully saturated rings. The summed E-state index contributed by atoms with van der Waals surface area (Å²) in [7, 11) is 0. The molecule has 1 saturated carbocycles. The number of hydrogen-bond donors (Lipinski definition) is 0. The predicted octanol–water partition coefficient (Wildman–Crippen LogP) is 4.81. The van der Waals surface area contributed by atoms with Crippen molar-refractivity contribution in [2.24, 2.45) is 39.8 Å². The van der Waals surface area contributed by atoms with E-state index >= 15 is 0 Å². The predicted molar refractivity (Wildman–Crippen MR) is 158 cm³/mol. The van der Waals surface area contributed by atoms with Crippen molar-refractivity contribution >= 4 is 17.5 Å². The van der Waals surface area contributed by atoms with E-state index in [0.29, 0.717) is 0 Å². The van der Waals surface area contributed by atoms with Crippen LogP contribution in [-0.4, -0.2) is 85.4 Å². The van der Waals surface area contributed by atoms with Crippen LogP contribution in [0, 0.1) is 29.6 Å². The highest BCUT2D eigenvalue weighted by Crippen LogP contribution is 2.43. The molecule has 15 atom stereocenters. The van der Waals surface area contributed by atoms with E-state index in [0.717, 1.165) is 6.42 Å². The van der Waals surface area contributed by atoms with Crippen LogP contribution in [0.4, 0.5) is 0 Å².